The number of hydrogen-bond acceptors (Lipinski definition) is 3. The highest BCUT2D eigenvalue weighted by Gasteiger charge is 2.12. The molecule has 0 amide bonds. The van der Waals surface area contributed by atoms with E-state index in [9.17, 15) is 5.11 Å². The minimum atomic E-state index is -0.595. The molecule has 0 fully saturated rings. The van der Waals surface area contributed by atoms with E-state index in [1.165, 1.54) is 0 Å². The number of aromatic nitrogens is 2. The number of aliphatic hydroxyl groups excluding tert-OH is 1. The summed E-state index contributed by atoms with van der Waals surface area (Å²) in [5.74, 6) is 1.42. The van der Waals surface area contributed by atoms with Crippen LogP contribution in [0.25, 0.3) is 0 Å². The fourth-order valence-corrected chi connectivity index (χ4v) is 1.53. The number of aliphatic hydroxyl groups is 1. The van der Waals surface area contributed by atoms with Crippen LogP contribution in [0.4, 0.5) is 0 Å². The molecule has 2 rings (SSSR count). The third kappa shape index (κ3) is 2.27. The molecule has 2 heterocycles. The van der Waals surface area contributed by atoms with Gasteiger partial charge in [-0.3, -0.25) is 4.68 Å². The number of rotatable bonds is 3. The lowest BCUT2D eigenvalue weighted by atomic mass is 10.1. The number of nitrogens with zero attached hydrogens (tertiary/aromatic N) is 2. The van der Waals surface area contributed by atoms with Gasteiger partial charge in [-0.05, 0) is 24.6 Å². The second-order valence-electron chi connectivity index (χ2n) is 3.69. The van der Waals surface area contributed by atoms with Crippen molar-refractivity contribution in [3.8, 4) is 0 Å². The summed E-state index contributed by atoms with van der Waals surface area (Å²) in [6, 6.07) is 3.65. The smallest absolute Gasteiger partial charge is 0.132 e. The van der Waals surface area contributed by atoms with E-state index in [4.69, 9.17) is 4.42 Å². The molecule has 15 heavy (non-hydrogen) atoms. The highest BCUT2D eigenvalue weighted by Crippen LogP contribution is 2.19. The topological polar surface area (TPSA) is 51.2 Å². The molecule has 0 saturated heterocycles. The average Bonchev–Trinajstić information content (AvgIpc) is 2.75. The molecule has 80 valence electrons. The zero-order chi connectivity index (χ0) is 10.8. The van der Waals surface area contributed by atoms with Gasteiger partial charge >= 0.3 is 0 Å². The van der Waals surface area contributed by atoms with Crippen molar-refractivity contribution in [1.29, 1.82) is 0 Å². The van der Waals surface area contributed by atoms with Crippen LogP contribution in [-0.2, 0) is 13.5 Å². The first kappa shape index (κ1) is 9.98. The molecule has 4 nitrogen and oxygen atoms in total. The van der Waals surface area contributed by atoms with Gasteiger partial charge in [0.05, 0.1) is 6.20 Å². The third-order valence-electron chi connectivity index (χ3n) is 2.28. The Bertz CT molecular complexity index is 445. The van der Waals surface area contributed by atoms with Crippen molar-refractivity contribution in [3.63, 3.8) is 0 Å². The zero-order valence-electron chi connectivity index (χ0n) is 8.84. The minimum Gasteiger partial charge on any atom is -0.464 e. The predicted molar refractivity (Wildman–Crippen MR) is 55.3 cm³/mol. The van der Waals surface area contributed by atoms with Gasteiger partial charge in [-0.25, -0.2) is 0 Å². The summed E-state index contributed by atoms with van der Waals surface area (Å²) in [7, 11) is 1.85. The van der Waals surface area contributed by atoms with Crippen molar-refractivity contribution in [2.45, 2.75) is 19.4 Å². The van der Waals surface area contributed by atoms with Gasteiger partial charge in [0.1, 0.15) is 17.6 Å². The quantitative estimate of drug-likeness (QED) is 0.829. The fourth-order valence-electron chi connectivity index (χ4n) is 1.53. The summed E-state index contributed by atoms with van der Waals surface area (Å²) < 4.78 is 7.06. The zero-order valence-corrected chi connectivity index (χ0v) is 8.84. The summed E-state index contributed by atoms with van der Waals surface area (Å²) in [6.45, 7) is 1.86. The first-order valence-electron chi connectivity index (χ1n) is 4.87. The lowest BCUT2D eigenvalue weighted by Crippen LogP contribution is -1.99. The second kappa shape index (κ2) is 3.90. The molecule has 1 unspecified atom stereocenters. The summed E-state index contributed by atoms with van der Waals surface area (Å²) in [5, 5.41) is 13.9. The monoisotopic (exact) mass is 206 g/mol. The van der Waals surface area contributed by atoms with Crippen molar-refractivity contribution in [3.05, 3.63) is 41.6 Å². The van der Waals surface area contributed by atoms with Crippen LogP contribution in [0, 0.1) is 6.92 Å². The predicted octanol–water partition coefficient (Wildman–Crippen LogP) is 1.60. The molecule has 2 aromatic heterocycles. The Morgan fingerprint density at radius 2 is 2.33 bits per heavy atom. The van der Waals surface area contributed by atoms with Crippen LogP contribution in [0.3, 0.4) is 0 Å². The Balaban J connectivity index is 2.06. The molecule has 0 aliphatic heterocycles. The Labute approximate surface area is 88.1 Å². The first-order chi connectivity index (χ1) is 7.15. The van der Waals surface area contributed by atoms with Crippen LogP contribution in [0.2, 0.25) is 0 Å². The summed E-state index contributed by atoms with van der Waals surface area (Å²) in [5.41, 5.74) is 0.999. The molecule has 2 aromatic rings. The molecule has 0 aliphatic carbocycles. The van der Waals surface area contributed by atoms with Gasteiger partial charge in [-0.2, -0.15) is 5.10 Å². The highest BCUT2D eigenvalue weighted by molar-refractivity contribution is 5.13. The molecular formula is C11H14N2O2. The lowest BCUT2D eigenvalue weighted by Gasteiger charge is -2.05. The SMILES string of the molecule is Cc1ccc(C(O)Cc2cnn(C)c2)o1. The molecule has 0 radical (unpaired) electrons. The van der Waals surface area contributed by atoms with Crippen LogP contribution < -0.4 is 0 Å². The van der Waals surface area contributed by atoms with Gasteiger partial charge in [0, 0.05) is 19.7 Å². The third-order valence-corrected chi connectivity index (χ3v) is 2.28. The van der Waals surface area contributed by atoms with Gasteiger partial charge in [-0.15, -0.1) is 0 Å². The maximum Gasteiger partial charge on any atom is 0.132 e. The summed E-state index contributed by atoms with van der Waals surface area (Å²) in [6.07, 6.45) is 3.57. The standard InChI is InChI=1S/C11H14N2O2/c1-8-3-4-11(15-8)10(14)5-9-6-12-13(2)7-9/h3-4,6-7,10,14H,5H2,1-2H3. The second-order valence-corrected chi connectivity index (χ2v) is 3.69. The van der Waals surface area contributed by atoms with E-state index in [1.54, 1.807) is 16.9 Å². The molecule has 0 saturated carbocycles. The van der Waals surface area contributed by atoms with E-state index >= 15 is 0 Å². The lowest BCUT2D eigenvalue weighted by molar-refractivity contribution is 0.149. The van der Waals surface area contributed by atoms with E-state index in [2.05, 4.69) is 5.10 Å². The summed E-state index contributed by atoms with van der Waals surface area (Å²) in [4.78, 5) is 0. The van der Waals surface area contributed by atoms with E-state index < -0.39 is 6.10 Å². The molecule has 0 spiro atoms. The van der Waals surface area contributed by atoms with Crippen molar-refractivity contribution in [2.75, 3.05) is 0 Å². The number of aryl methyl sites for hydroxylation is 2. The maximum atomic E-state index is 9.87. The average molecular weight is 206 g/mol. The van der Waals surface area contributed by atoms with Crippen molar-refractivity contribution in [2.24, 2.45) is 7.05 Å². The van der Waals surface area contributed by atoms with E-state index in [-0.39, 0.29) is 0 Å². The molecule has 0 aliphatic rings. The minimum absolute atomic E-state index is 0.529. The highest BCUT2D eigenvalue weighted by atomic mass is 16.4. The molecule has 4 heteroatoms. The maximum absolute atomic E-state index is 9.87. The van der Waals surface area contributed by atoms with Crippen LogP contribution in [-0.4, -0.2) is 14.9 Å². The van der Waals surface area contributed by atoms with E-state index in [0.717, 1.165) is 11.3 Å². The van der Waals surface area contributed by atoms with Gasteiger partial charge in [0.15, 0.2) is 0 Å². The van der Waals surface area contributed by atoms with E-state index in [0.29, 0.717) is 12.2 Å². The molecule has 0 aromatic carbocycles. The normalized spacial score (nSPS) is 13.0. The number of hydrogen-bond donors (Lipinski definition) is 1. The Morgan fingerprint density at radius 3 is 2.87 bits per heavy atom. The first-order valence-corrected chi connectivity index (χ1v) is 4.87. The van der Waals surface area contributed by atoms with Gasteiger partial charge in [0.25, 0.3) is 0 Å². The van der Waals surface area contributed by atoms with Gasteiger partial charge < -0.3 is 9.52 Å². The van der Waals surface area contributed by atoms with Gasteiger partial charge in [0.2, 0.25) is 0 Å². The van der Waals surface area contributed by atoms with Crippen LogP contribution >= 0.6 is 0 Å². The van der Waals surface area contributed by atoms with Crippen molar-refractivity contribution >= 4 is 0 Å². The van der Waals surface area contributed by atoms with Crippen LogP contribution in [0.1, 0.15) is 23.2 Å². The Kier molecular flexibility index (Phi) is 2.60. The molecular weight excluding hydrogens is 192 g/mol. The van der Waals surface area contributed by atoms with Gasteiger partial charge in [-0.1, -0.05) is 0 Å². The molecule has 1 atom stereocenters. The van der Waals surface area contributed by atoms with Crippen molar-refractivity contribution in [1.82, 2.24) is 9.78 Å². The van der Waals surface area contributed by atoms with E-state index in [1.807, 2.05) is 26.2 Å². The largest absolute Gasteiger partial charge is 0.464 e. The Morgan fingerprint density at radius 1 is 1.53 bits per heavy atom. The Hall–Kier alpha value is -1.55. The van der Waals surface area contributed by atoms with Crippen LogP contribution in [0.15, 0.2) is 28.9 Å². The number of furan rings is 1. The molecule has 1 N–H and O–H groups in total. The van der Waals surface area contributed by atoms with Crippen LogP contribution in [0.5, 0.6) is 0 Å². The summed E-state index contributed by atoms with van der Waals surface area (Å²) >= 11 is 0. The molecule has 0 bridgehead atoms. The fraction of sp³-hybridized carbons (Fsp3) is 0.364. The van der Waals surface area contributed by atoms with Crippen molar-refractivity contribution < 1.29 is 9.52 Å².